The Bertz CT molecular complexity index is 435. The molecule has 17 heavy (non-hydrogen) atoms. The van der Waals surface area contributed by atoms with E-state index in [2.05, 4.69) is 4.74 Å². The summed E-state index contributed by atoms with van der Waals surface area (Å²) in [5, 5.41) is 0. The molecule has 0 N–H and O–H groups in total. The predicted octanol–water partition coefficient (Wildman–Crippen LogP) is 2.69. The molecule has 1 unspecified atom stereocenters. The minimum absolute atomic E-state index is 0.156. The summed E-state index contributed by atoms with van der Waals surface area (Å²) in [6.07, 6.45) is 0.457. The van der Waals surface area contributed by atoms with Crippen LogP contribution in [0, 0.1) is 19.8 Å². The zero-order chi connectivity index (χ0) is 13.0. The molecule has 0 aliphatic rings. The van der Waals surface area contributed by atoms with Crippen molar-refractivity contribution in [2.24, 2.45) is 5.92 Å². The predicted molar refractivity (Wildman–Crippen MR) is 66.0 cm³/mol. The quantitative estimate of drug-likeness (QED) is 0.457. The van der Waals surface area contributed by atoms with Crippen LogP contribution in [0.3, 0.4) is 0 Å². The van der Waals surface area contributed by atoms with Crippen molar-refractivity contribution >= 4 is 11.8 Å². The number of hydrogen-bond acceptors (Lipinski definition) is 3. The van der Waals surface area contributed by atoms with Crippen molar-refractivity contribution in [3.8, 4) is 0 Å². The van der Waals surface area contributed by atoms with Crippen LogP contribution in [0.1, 0.15) is 34.8 Å². The maximum Gasteiger partial charge on any atom is 0.316 e. The van der Waals surface area contributed by atoms with Gasteiger partial charge in [0.05, 0.1) is 7.11 Å². The first-order chi connectivity index (χ1) is 8.01. The summed E-state index contributed by atoms with van der Waals surface area (Å²) in [5.74, 6) is -1.31. The van der Waals surface area contributed by atoms with E-state index < -0.39 is 11.9 Å². The highest BCUT2D eigenvalue weighted by molar-refractivity contribution is 6.09. The molecule has 1 aromatic rings. The highest BCUT2D eigenvalue weighted by Crippen LogP contribution is 2.18. The first kappa shape index (κ1) is 13.4. The summed E-state index contributed by atoms with van der Waals surface area (Å²) in [4.78, 5) is 23.7. The molecule has 0 aliphatic carbocycles. The zero-order valence-corrected chi connectivity index (χ0v) is 10.7. The Balaban J connectivity index is 3.06. The molecule has 0 saturated carbocycles. The molecule has 0 aliphatic heterocycles. The van der Waals surface area contributed by atoms with Crippen molar-refractivity contribution in [2.75, 3.05) is 7.11 Å². The second kappa shape index (κ2) is 5.62. The minimum Gasteiger partial charge on any atom is -0.468 e. The Hall–Kier alpha value is -1.64. The third kappa shape index (κ3) is 2.93. The van der Waals surface area contributed by atoms with E-state index in [-0.39, 0.29) is 5.78 Å². The molecule has 0 heterocycles. The van der Waals surface area contributed by atoms with Crippen molar-refractivity contribution in [2.45, 2.75) is 27.2 Å². The smallest absolute Gasteiger partial charge is 0.316 e. The fourth-order valence-corrected chi connectivity index (χ4v) is 1.88. The second-order valence-corrected chi connectivity index (χ2v) is 4.17. The molecule has 0 bridgehead atoms. The van der Waals surface area contributed by atoms with Crippen LogP contribution in [0.5, 0.6) is 0 Å². The van der Waals surface area contributed by atoms with E-state index in [1.165, 1.54) is 7.11 Å². The zero-order valence-electron chi connectivity index (χ0n) is 10.7. The van der Waals surface area contributed by atoms with Gasteiger partial charge in [-0.05, 0) is 25.8 Å². The maximum atomic E-state index is 12.2. The van der Waals surface area contributed by atoms with Gasteiger partial charge in [0.15, 0.2) is 5.78 Å². The molecule has 1 atom stereocenters. The summed E-state index contributed by atoms with van der Waals surface area (Å²) in [5.41, 5.74) is 2.61. The molecule has 0 aromatic heterocycles. The van der Waals surface area contributed by atoms with E-state index in [1.54, 1.807) is 6.07 Å². The Kier molecular flexibility index (Phi) is 4.44. The molecule has 3 heteroatoms. The first-order valence-electron chi connectivity index (χ1n) is 5.70. The standard InChI is InChI=1S/C14H18O3/c1-5-11(14(16)17-4)13(15)12-7-6-9(2)8-10(12)3/h6-8,11H,5H2,1-4H3. The Morgan fingerprint density at radius 2 is 1.94 bits per heavy atom. The number of aryl methyl sites for hydroxylation is 2. The number of hydrogen-bond donors (Lipinski definition) is 0. The van der Waals surface area contributed by atoms with Crippen LogP contribution >= 0.6 is 0 Å². The Morgan fingerprint density at radius 3 is 2.41 bits per heavy atom. The summed E-state index contributed by atoms with van der Waals surface area (Å²) < 4.78 is 4.65. The molecule has 0 radical (unpaired) electrons. The van der Waals surface area contributed by atoms with Gasteiger partial charge in [-0.25, -0.2) is 0 Å². The number of methoxy groups -OCH3 is 1. The van der Waals surface area contributed by atoms with Gasteiger partial charge < -0.3 is 4.74 Å². The summed E-state index contributed by atoms with van der Waals surface area (Å²) in [6.45, 7) is 5.66. The van der Waals surface area contributed by atoms with Gasteiger partial charge >= 0.3 is 5.97 Å². The lowest BCUT2D eigenvalue weighted by Gasteiger charge is -2.13. The van der Waals surface area contributed by atoms with E-state index in [4.69, 9.17) is 0 Å². The van der Waals surface area contributed by atoms with Crippen LogP contribution in [0.2, 0.25) is 0 Å². The molecule has 0 amide bonds. The van der Waals surface area contributed by atoms with Gasteiger partial charge in [0.1, 0.15) is 5.92 Å². The van der Waals surface area contributed by atoms with Crippen LogP contribution in [-0.2, 0) is 9.53 Å². The number of benzene rings is 1. The highest BCUT2D eigenvalue weighted by Gasteiger charge is 2.27. The Labute approximate surface area is 102 Å². The van der Waals surface area contributed by atoms with E-state index in [0.29, 0.717) is 12.0 Å². The van der Waals surface area contributed by atoms with E-state index >= 15 is 0 Å². The Morgan fingerprint density at radius 1 is 1.29 bits per heavy atom. The summed E-state index contributed by atoms with van der Waals surface area (Å²) >= 11 is 0. The number of ether oxygens (including phenoxy) is 1. The fourth-order valence-electron chi connectivity index (χ4n) is 1.88. The van der Waals surface area contributed by atoms with Gasteiger partial charge in [-0.2, -0.15) is 0 Å². The van der Waals surface area contributed by atoms with Crippen molar-refractivity contribution in [3.63, 3.8) is 0 Å². The van der Waals surface area contributed by atoms with Crippen molar-refractivity contribution < 1.29 is 14.3 Å². The maximum absolute atomic E-state index is 12.2. The average molecular weight is 234 g/mol. The fraction of sp³-hybridized carbons (Fsp3) is 0.429. The SMILES string of the molecule is CCC(C(=O)OC)C(=O)c1ccc(C)cc1C. The normalized spacial score (nSPS) is 12.0. The lowest BCUT2D eigenvalue weighted by atomic mass is 9.92. The van der Waals surface area contributed by atoms with Crippen molar-refractivity contribution in [1.82, 2.24) is 0 Å². The van der Waals surface area contributed by atoms with E-state index in [0.717, 1.165) is 11.1 Å². The minimum atomic E-state index is -0.693. The average Bonchev–Trinajstić information content (AvgIpc) is 2.29. The summed E-state index contributed by atoms with van der Waals surface area (Å²) in [7, 11) is 1.31. The third-order valence-corrected chi connectivity index (χ3v) is 2.86. The monoisotopic (exact) mass is 234 g/mol. The van der Waals surface area contributed by atoms with Gasteiger partial charge in [-0.3, -0.25) is 9.59 Å². The number of esters is 1. The largest absolute Gasteiger partial charge is 0.468 e. The summed E-state index contributed by atoms with van der Waals surface area (Å²) in [6, 6.07) is 5.60. The van der Waals surface area contributed by atoms with Gasteiger partial charge in [0.2, 0.25) is 0 Å². The van der Waals surface area contributed by atoms with Crippen LogP contribution in [0.15, 0.2) is 18.2 Å². The van der Waals surface area contributed by atoms with Crippen LogP contribution in [0.4, 0.5) is 0 Å². The molecule has 3 nitrogen and oxygen atoms in total. The van der Waals surface area contributed by atoms with Gasteiger partial charge in [0.25, 0.3) is 0 Å². The van der Waals surface area contributed by atoms with Crippen molar-refractivity contribution in [3.05, 3.63) is 34.9 Å². The molecular weight excluding hydrogens is 216 g/mol. The topological polar surface area (TPSA) is 43.4 Å². The van der Waals surface area contributed by atoms with Gasteiger partial charge in [0, 0.05) is 5.56 Å². The molecule has 1 aromatic carbocycles. The van der Waals surface area contributed by atoms with Gasteiger partial charge in [-0.1, -0.05) is 30.7 Å². The molecule has 0 fully saturated rings. The number of carbonyl (C=O) groups is 2. The van der Waals surface area contributed by atoms with E-state index in [1.807, 2.05) is 32.9 Å². The molecule has 1 rings (SSSR count). The van der Waals surface area contributed by atoms with Crippen LogP contribution in [-0.4, -0.2) is 18.9 Å². The number of carbonyl (C=O) groups excluding carboxylic acids is 2. The molecular formula is C14H18O3. The third-order valence-electron chi connectivity index (χ3n) is 2.86. The second-order valence-electron chi connectivity index (χ2n) is 4.17. The number of rotatable bonds is 4. The van der Waals surface area contributed by atoms with Crippen LogP contribution in [0.25, 0.3) is 0 Å². The molecule has 0 saturated heterocycles. The van der Waals surface area contributed by atoms with E-state index in [9.17, 15) is 9.59 Å². The first-order valence-corrected chi connectivity index (χ1v) is 5.70. The molecule has 92 valence electrons. The van der Waals surface area contributed by atoms with Crippen molar-refractivity contribution in [1.29, 1.82) is 0 Å². The number of ketones is 1. The lowest BCUT2D eigenvalue weighted by Crippen LogP contribution is -2.25. The molecule has 0 spiro atoms. The number of Topliss-reactive ketones (excluding diaryl/α,β-unsaturated/α-hetero) is 1. The lowest BCUT2D eigenvalue weighted by molar-refractivity contribution is -0.143. The van der Waals surface area contributed by atoms with Crippen LogP contribution < -0.4 is 0 Å². The highest BCUT2D eigenvalue weighted by atomic mass is 16.5. The van der Waals surface area contributed by atoms with Gasteiger partial charge in [-0.15, -0.1) is 0 Å².